The Labute approximate surface area is 113 Å². The molecule has 1 atom stereocenters. The summed E-state index contributed by atoms with van der Waals surface area (Å²) in [5, 5.41) is 18.0. The van der Waals surface area contributed by atoms with E-state index in [1.54, 1.807) is 0 Å². The van der Waals surface area contributed by atoms with E-state index in [9.17, 15) is 5.11 Å². The third-order valence-electron chi connectivity index (χ3n) is 2.68. The molecule has 0 aromatic carbocycles. The fraction of sp³-hybridized carbons (Fsp3) is 1.00. The van der Waals surface area contributed by atoms with Crippen LogP contribution in [-0.2, 0) is 4.74 Å². The van der Waals surface area contributed by atoms with Crippen LogP contribution in [0.1, 0.15) is 54.4 Å². The first kappa shape index (κ1) is 17.9. The van der Waals surface area contributed by atoms with Crippen LogP contribution in [0.25, 0.3) is 0 Å². The Kier molecular flexibility index (Phi) is 7.41. The maximum absolute atomic E-state index is 9.26. The van der Waals surface area contributed by atoms with Crippen molar-refractivity contribution in [2.45, 2.75) is 60.5 Å². The van der Waals surface area contributed by atoms with E-state index in [1.165, 1.54) is 0 Å². The van der Waals surface area contributed by atoms with Gasteiger partial charge >= 0.3 is 0 Å². The lowest BCUT2D eigenvalue weighted by Crippen LogP contribution is -2.26. The molecule has 0 bridgehead atoms. The summed E-state index contributed by atoms with van der Waals surface area (Å²) < 4.78 is 5.53. The molecular weight excluding hydrogens is 228 g/mol. The van der Waals surface area contributed by atoms with Crippen molar-refractivity contribution in [3.63, 3.8) is 0 Å². The Morgan fingerprint density at radius 3 is 1.67 bits per heavy atom. The molecule has 0 radical (unpaired) electrons. The first-order valence-corrected chi connectivity index (χ1v) is 6.90. The number of ether oxygens (including phenoxy) is 1. The maximum Gasteiger partial charge on any atom is 0.100 e. The molecule has 2 N–H and O–H groups in total. The van der Waals surface area contributed by atoms with E-state index in [4.69, 9.17) is 9.84 Å². The van der Waals surface area contributed by atoms with Gasteiger partial charge in [0.15, 0.2) is 0 Å². The van der Waals surface area contributed by atoms with Crippen molar-refractivity contribution in [2.75, 3.05) is 19.8 Å². The number of hydrogen-bond donors (Lipinski definition) is 2. The maximum atomic E-state index is 9.26. The number of aliphatic hydroxyl groups excluding tert-OH is 2. The summed E-state index contributed by atoms with van der Waals surface area (Å²) in [6.07, 6.45) is 1.47. The average molecular weight is 260 g/mol. The van der Waals surface area contributed by atoms with Crippen molar-refractivity contribution < 1.29 is 14.9 Å². The normalized spacial score (nSPS) is 15.2. The monoisotopic (exact) mass is 260 g/mol. The third kappa shape index (κ3) is 11.0. The van der Waals surface area contributed by atoms with Gasteiger partial charge in [-0.1, -0.05) is 41.5 Å². The molecular formula is C15H32O3. The molecule has 0 amide bonds. The summed E-state index contributed by atoms with van der Waals surface area (Å²) in [4.78, 5) is 0. The van der Waals surface area contributed by atoms with E-state index in [1.807, 2.05) is 0 Å². The van der Waals surface area contributed by atoms with Crippen LogP contribution in [0.3, 0.4) is 0 Å². The van der Waals surface area contributed by atoms with Gasteiger partial charge in [-0.2, -0.15) is 0 Å². The van der Waals surface area contributed by atoms with Gasteiger partial charge in [0.25, 0.3) is 0 Å². The lowest BCUT2D eigenvalue weighted by molar-refractivity contribution is -0.0135. The van der Waals surface area contributed by atoms with Crippen LogP contribution in [0.5, 0.6) is 0 Å². The highest BCUT2D eigenvalue weighted by Gasteiger charge is 2.24. The van der Waals surface area contributed by atoms with Crippen molar-refractivity contribution in [1.29, 1.82) is 0 Å². The third-order valence-corrected chi connectivity index (χ3v) is 2.68. The van der Waals surface area contributed by atoms with Crippen molar-refractivity contribution in [3.8, 4) is 0 Å². The quantitative estimate of drug-likeness (QED) is 0.740. The zero-order valence-electron chi connectivity index (χ0n) is 13.0. The molecule has 0 saturated heterocycles. The lowest BCUT2D eigenvalue weighted by atomic mass is 9.77. The van der Waals surface area contributed by atoms with Gasteiger partial charge in [-0.15, -0.1) is 0 Å². The summed E-state index contributed by atoms with van der Waals surface area (Å²) in [5.74, 6) is 0.496. The van der Waals surface area contributed by atoms with E-state index in [2.05, 4.69) is 41.5 Å². The van der Waals surface area contributed by atoms with Crippen molar-refractivity contribution >= 4 is 0 Å². The zero-order chi connectivity index (χ0) is 14.4. The van der Waals surface area contributed by atoms with Crippen molar-refractivity contribution in [1.82, 2.24) is 0 Å². The number of rotatable bonds is 7. The molecule has 0 aliphatic carbocycles. The van der Waals surface area contributed by atoms with E-state index < -0.39 is 6.10 Å². The summed E-state index contributed by atoms with van der Waals surface area (Å²) in [7, 11) is 0. The highest BCUT2D eigenvalue weighted by atomic mass is 16.5. The van der Waals surface area contributed by atoms with Crippen LogP contribution >= 0.6 is 0 Å². The molecule has 0 saturated carbocycles. The summed E-state index contributed by atoms with van der Waals surface area (Å²) >= 11 is 0. The van der Waals surface area contributed by atoms with Gasteiger partial charge in [0, 0.05) is 6.61 Å². The Balaban J connectivity index is 4.22. The molecule has 3 nitrogen and oxygen atoms in total. The minimum atomic E-state index is -0.755. The van der Waals surface area contributed by atoms with Gasteiger partial charge < -0.3 is 14.9 Å². The molecule has 1 unspecified atom stereocenters. The Morgan fingerprint density at radius 1 is 0.889 bits per heavy atom. The van der Waals surface area contributed by atoms with Gasteiger partial charge in [-0.05, 0) is 29.6 Å². The zero-order valence-corrected chi connectivity index (χ0v) is 13.0. The van der Waals surface area contributed by atoms with Crippen LogP contribution in [0.4, 0.5) is 0 Å². The molecule has 110 valence electrons. The number of aliphatic hydroxyl groups is 2. The largest absolute Gasteiger partial charge is 0.394 e. The molecule has 0 heterocycles. The lowest BCUT2D eigenvalue weighted by Gasteiger charge is -2.31. The second kappa shape index (κ2) is 7.46. The molecule has 0 rings (SSSR count). The molecule has 0 aliphatic heterocycles. The Hall–Kier alpha value is -0.120. The minimum Gasteiger partial charge on any atom is -0.394 e. The highest BCUT2D eigenvalue weighted by Crippen LogP contribution is 2.33. The SMILES string of the molecule is CC(C)(C)CC(COCC(O)CO)CC(C)(C)C. The van der Waals surface area contributed by atoms with Crippen LogP contribution < -0.4 is 0 Å². The van der Waals surface area contributed by atoms with Gasteiger partial charge in [0.1, 0.15) is 6.10 Å². The van der Waals surface area contributed by atoms with Gasteiger partial charge in [0.05, 0.1) is 13.2 Å². The highest BCUT2D eigenvalue weighted by molar-refractivity contribution is 4.74. The molecule has 0 aromatic heterocycles. The molecule has 0 spiro atoms. The standard InChI is InChI=1S/C15H32O3/c1-14(2,3)7-12(8-15(4,5)6)10-18-11-13(17)9-16/h12-13,16-17H,7-11H2,1-6H3. The second-order valence-corrected chi connectivity index (χ2v) is 7.77. The summed E-state index contributed by atoms with van der Waals surface area (Å²) in [6.45, 7) is 14.1. The molecule has 0 aromatic rings. The molecule has 0 fully saturated rings. The van der Waals surface area contributed by atoms with Crippen LogP contribution in [0, 0.1) is 16.7 Å². The average Bonchev–Trinajstić information content (AvgIpc) is 2.12. The first-order valence-electron chi connectivity index (χ1n) is 6.90. The van der Waals surface area contributed by atoms with Crippen molar-refractivity contribution in [2.24, 2.45) is 16.7 Å². The van der Waals surface area contributed by atoms with Crippen LogP contribution in [0.15, 0.2) is 0 Å². The molecule has 3 heteroatoms. The van der Waals surface area contributed by atoms with Gasteiger partial charge in [-0.25, -0.2) is 0 Å². The van der Waals surface area contributed by atoms with E-state index in [0.29, 0.717) is 12.5 Å². The van der Waals surface area contributed by atoms with Gasteiger partial charge in [-0.3, -0.25) is 0 Å². The summed E-state index contributed by atoms with van der Waals surface area (Å²) in [5.41, 5.74) is 0.573. The smallest absolute Gasteiger partial charge is 0.100 e. The fourth-order valence-electron chi connectivity index (χ4n) is 2.35. The van der Waals surface area contributed by atoms with Gasteiger partial charge in [0.2, 0.25) is 0 Å². The topological polar surface area (TPSA) is 49.7 Å². The van der Waals surface area contributed by atoms with E-state index >= 15 is 0 Å². The molecule has 18 heavy (non-hydrogen) atoms. The number of hydrogen-bond acceptors (Lipinski definition) is 3. The van der Waals surface area contributed by atoms with Crippen molar-refractivity contribution in [3.05, 3.63) is 0 Å². The first-order chi connectivity index (χ1) is 8.03. The van der Waals surface area contributed by atoms with Crippen LogP contribution in [0.2, 0.25) is 0 Å². The predicted octanol–water partition coefficient (Wildman–Crippen LogP) is 2.84. The summed E-state index contributed by atoms with van der Waals surface area (Å²) in [6, 6.07) is 0. The predicted molar refractivity (Wildman–Crippen MR) is 75.5 cm³/mol. The second-order valence-electron chi connectivity index (χ2n) is 7.77. The van der Waals surface area contributed by atoms with Crippen LogP contribution in [-0.4, -0.2) is 36.1 Å². The Bertz CT molecular complexity index is 197. The Morgan fingerprint density at radius 2 is 1.33 bits per heavy atom. The van der Waals surface area contributed by atoms with E-state index in [0.717, 1.165) is 12.8 Å². The van der Waals surface area contributed by atoms with E-state index in [-0.39, 0.29) is 24.0 Å². The minimum absolute atomic E-state index is 0.223. The molecule has 0 aliphatic rings. The fourth-order valence-corrected chi connectivity index (χ4v) is 2.35.